The molecule has 0 saturated carbocycles. The number of carboxylic acids is 1. The Morgan fingerprint density at radius 2 is 2.06 bits per heavy atom. The lowest BCUT2D eigenvalue weighted by atomic mass is 10.1. The summed E-state index contributed by atoms with van der Waals surface area (Å²) < 4.78 is 0.610. The third kappa shape index (κ3) is 4.12. The van der Waals surface area contributed by atoms with E-state index in [0.29, 0.717) is 16.7 Å². The Kier molecular flexibility index (Phi) is 5.30. The van der Waals surface area contributed by atoms with Crippen LogP contribution in [0.4, 0.5) is 5.69 Å². The smallest absolute Gasteiger partial charge is 0.335 e. The van der Waals surface area contributed by atoms with Gasteiger partial charge in [0.2, 0.25) is 5.91 Å². The summed E-state index contributed by atoms with van der Waals surface area (Å²) in [5, 5.41) is 14.5. The molecular formula is C12H15BrN2O3. The van der Waals surface area contributed by atoms with Crippen LogP contribution in [0.2, 0.25) is 0 Å². The van der Waals surface area contributed by atoms with E-state index in [1.807, 2.05) is 0 Å². The number of rotatable bonds is 5. The van der Waals surface area contributed by atoms with Crippen LogP contribution in [0, 0.1) is 5.92 Å². The standard InChI is InChI=1S/C12H15BrN2O3/c1-7(6-14-2)11(16)15-10-4-8(12(17)18)3-9(13)5-10/h3-5,7,14H,6H2,1-2H3,(H,15,16)(H,17,18). The number of halogens is 1. The molecule has 1 aromatic rings. The number of nitrogens with one attached hydrogen (secondary N) is 2. The molecule has 1 amide bonds. The van der Waals surface area contributed by atoms with E-state index in [0.717, 1.165) is 0 Å². The second-order valence-corrected chi connectivity index (χ2v) is 4.90. The Bertz CT molecular complexity index is 463. The molecule has 0 bridgehead atoms. The third-order valence-electron chi connectivity index (χ3n) is 2.37. The van der Waals surface area contributed by atoms with Gasteiger partial charge >= 0.3 is 5.97 Å². The molecule has 1 rings (SSSR count). The summed E-state index contributed by atoms with van der Waals surface area (Å²) in [4.78, 5) is 22.7. The van der Waals surface area contributed by atoms with E-state index in [4.69, 9.17) is 5.11 Å². The van der Waals surface area contributed by atoms with Gasteiger partial charge in [0.05, 0.1) is 5.56 Å². The van der Waals surface area contributed by atoms with Crippen molar-refractivity contribution >= 4 is 33.5 Å². The Morgan fingerprint density at radius 1 is 1.39 bits per heavy atom. The monoisotopic (exact) mass is 314 g/mol. The molecule has 0 aromatic heterocycles. The summed E-state index contributed by atoms with van der Waals surface area (Å²) in [6, 6.07) is 4.57. The quantitative estimate of drug-likeness (QED) is 0.776. The first-order valence-electron chi connectivity index (χ1n) is 5.43. The summed E-state index contributed by atoms with van der Waals surface area (Å²) in [6.45, 7) is 2.35. The van der Waals surface area contributed by atoms with Crippen molar-refractivity contribution in [3.05, 3.63) is 28.2 Å². The first-order valence-corrected chi connectivity index (χ1v) is 6.22. The van der Waals surface area contributed by atoms with E-state index < -0.39 is 5.97 Å². The number of carboxylic acid groups (broad SMARTS) is 1. The molecule has 18 heavy (non-hydrogen) atoms. The molecule has 0 spiro atoms. The van der Waals surface area contributed by atoms with Crippen LogP contribution in [0.3, 0.4) is 0 Å². The molecule has 1 atom stereocenters. The molecule has 0 aliphatic rings. The molecule has 1 aromatic carbocycles. The van der Waals surface area contributed by atoms with Gasteiger partial charge in [-0.2, -0.15) is 0 Å². The van der Waals surface area contributed by atoms with E-state index in [-0.39, 0.29) is 17.4 Å². The number of amides is 1. The lowest BCUT2D eigenvalue weighted by molar-refractivity contribution is -0.119. The van der Waals surface area contributed by atoms with Crippen molar-refractivity contribution in [1.29, 1.82) is 0 Å². The number of hydrogen-bond acceptors (Lipinski definition) is 3. The molecule has 3 N–H and O–H groups in total. The van der Waals surface area contributed by atoms with Crippen LogP contribution in [0.15, 0.2) is 22.7 Å². The molecule has 6 heteroatoms. The van der Waals surface area contributed by atoms with Crippen LogP contribution in [0.25, 0.3) is 0 Å². The zero-order valence-electron chi connectivity index (χ0n) is 10.2. The predicted octanol–water partition coefficient (Wildman–Crippen LogP) is 1.94. The van der Waals surface area contributed by atoms with E-state index in [9.17, 15) is 9.59 Å². The average Bonchev–Trinajstić information content (AvgIpc) is 2.28. The van der Waals surface area contributed by atoms with Crippen LogP contribution in [-0.4, -0.2) is 30.6 Å². The van der Waals surface area contributed by atoms with E-state index in [1.54, 1.807) is 20.0 Å². The van der Waals surface area contributed by atoms with Crippen molar-refractivity contribution < 1.29 is 14.7 Å². The zero-order valence-corrected chi connectivity index (χ0v) is 11.7. The van der Waals surface area contributed by atoms with Gasteiger partial charge in [0.25, 0.3) is 0 Å². The molecule has 0 heterocycles. The average molecular weight is 315 g/mol. The second-order valence-electron chi connectivity index (χ2n) is 3.98. The van der Waals surface area contributed by atoms with Gasteiger partial charge < -0.3 is 15.7 Å². The van der Waals surface area contributed by atoms with Crippen LogP contribution in [0.1, 0.15) is 17.3 Å². The van der Waals surface area contributed by atoms with E-state index >= 15 is 0 Å². The maximum atomic E-state index is 11.8. The Balaban J connectivity index is 2.84. The van der Waals surface area contributed by atoms with Crippen LogP contribution in [-0.2, 0) is 4.79 Å². The van der Waals surface area contributed by atoms with Gasteiger partial charge in [0, 0.05) is 22.6 Å². The molecule has 0 aliphatic carbocycles. The van der Waals surface area contributed by atoms with Crippen molar-refractivity contribution in [2.45, 2.75) is 6.92 Å². The fourth-order valence-corrected chi connectivity index (χ4v) is 1.94. The van der Waals surface area contributed by atoms with Crippen LogP contribution >= 0.6 is 15.9 Å². The lowest BCUT2D eigenvalue weighted by Crippen LogP contribution is -2.28. The van der Waals surface area contributed by atoms with E-state index in [2.05, 4.69) is 26.6 Å². The van der Waals surface area contributed by atoms with Crippen molar-refractivity contribution in [2.75, 3.05) is 18.9 Å². The van der Waals surface area contributed by atoms with Gasteiger partial charge in [0.1, 0.15) is 0 Å². The highest BCUT2D eigenvalue weighted by molar-refractivity contribution is 9.10. The molecule has 0 fully saturated rings. The minimum atomic E-state index is -1.03. The molecule has 0 radical (unpaired) electrons. The topological polar surface area (TPSA) is 78.4 Å². The third-order valence-corrected chi connectivity index (χ3v) is 2.83. The number of anilines is 1. The normalized spacial score (nSPS) is 11.9. The van der Waals surface area contributed by atoms with Gasteiger partial charge in [-0.15, -0.1) is 0 Å². The number of carbonyl (C=O) groups excluding carboxylic acids is 1. The number of carbonyl (C=O) groups is 2. The van der Waals surface area contributed by atoms with Gasteiger partial charge in [-0.05, 0) is 25.2 Å². The summed E-state index contributed by atoms with van der Waals surface area (Å²) in [5.74, 6) is -1.38. The van der Waals surface area contributed by atoms with Gasteiger partial charge in [0.15, 0.2) is 0 Å². The largest absolute Gasteiger partial charge is 0.478 e. The highest BCUT2D eigenvalue weighted by Gasteiger charge is 2.13. The first kappa shape index (κ1) is 14.7. The summed E-state index contributed by atoms with van der Waals surface area (Å²) >= 11 is 3.21. The number of benzene rings is 1. The van der Waals surface area contributed by atoms with Crippen molar-refractivity contribution in [3.63, 3.8) is 0 Å². The first-order chi connectivity index (χ1) is 8.43. The Morgan fingerprint density at radius 3 is 2.61 bits per heavy atom. The fraction of sp³-hybridized carbons (Fsp3) is 0.333. The van der Waals surface area contributed by atoms with Crippen LogP contribution < -0.4 is 10.6 Å². The molecule has 5 nitrogen and oxygen atoms in total. The molecule has 0 aliphatic heterocycles. The molecule has 98 valence electrons. The van der Waals surface area contributed by atoms with E-state index in [1.165, 1.54) is 12.1 Å². The second kappa shape index (κ2) is 6.51. The number of aromatic carboxylic acids is 1. The maximum absolute atomic E-state index is 11.8. The summed E-state index contributed by atoms with van der Waals surface area (Å²) in [5.41, 5.74) is 0.593. The zero-order chi connectivity index (χ0) is 13.7. The number of hydrogen-bond donors (Lipinski definition) is 3. The summed E-state index contributed by atoms with van der Waals surface area (Å²) in [6.07, 6.45) is 0. The minimum Gasteiger partial charge on any atom is -0.478 e. The van der Waals surface area contributed by atoms with Gasteiger partial charge in [-0.1, -0.05) is 22.9 Å². The van der Waals surface area contributed by atoms with Gasteiger partial charge in [-0.3, -0.25) is 4.79 Å². The predicted molar refractivity (Wildman–Crippen MR) is 72.8 cm³/mol. The highest BCUT2D eigenvalue weighted by atomic mass is 79.9. The fourth-order valence-electron chi connectivity index (χ4n) is 1.45. The van der Waals surface area contributed by atoms with Crippen molar-refractivity contribution in [3.8, 4) is 0 Å². The Labute approximate surface area is 114 Å². The SMILES string of the molecule is CNCC(C)C(=O)Nc1cc(Br)cc(C(=O)O)c1. The summed E-state index contributed by atoms with van der Waals surface area (Å²) in [7, 11) is 1.77. The molecular weight excluding hydrogens is 300 g/mol. The Hall–Kier alpha value is -1.40. The van der Waals surface area contributed by atoms with Crippen molar-refractivity contribution in [1.82, 2.24) is 5.32 Å². The van der Waals surface area contributed by atoms with Crippen molar-refractivity contribution in [2.24, 2.45) is 5.92 Å². The highest BCUT2D eigenvalue weighted by Crippen LogP contribution is 2.20. The molecule has 0 saturated heterocycles. The minimum absolute atomic E-state index is 0.126. The van der Waals surface area contributed by atoms with Crippen LogP contribution in [0.5, 0.6) is 0 Å². The van der Waals surface area contributed by atoms with Gasteiger partial charge in [-0.25, -0.2) is 4.79 Å². The lowest BCUT2D eigenvalue weighted by Gasteiger charge is -2.12. The molecule has 1 unspecified atom stereocenters. The maximum Gasteiger partial charge on any atom is 0.335 e.